The molecular formula is C21H18FN3O5S2. The van der Waals surface area contributed by atoms with Crippen LogP contribution in [0, 0.1) is 5.82 Å². The zero-order chi connectivity index (χ0) is 22.2. The van der Waals surface area contributed by atoms with Crippen molar-refractivity contribution in [2.24, 2.45) is 0 Å². The fourth-order valence-electron chi connectivity index (χ4n) is 3.62. The molecule has 11 heteroatoms. The van der Waals surface area contributed by atoms with E-state index in [9.17, 15) is 19.1 Å². The third-order valence-electron chi connectivity index (χ3n) is 5.27. The van der Waals surface area contributed by atoms with Gasteiger partial charge in [-0.3, -0.25) is 9.36 Å². The number of benzene rings is 1. The summed E-state index contributed by atoms with van der Waals surface area (Å²) in [5.41, 5.74) is 1.66. The second kappa shape index (κ2) is 8.62. The van der Waals surface area contributed by atoms with Gasteiger partial charge in [0.2, 0.25) is 0 Å². The largest absolute Gasteiger partial charge is 0.484 e. The highest BCUT2D eigenvalue weighted by Gasteiger charge is 2.37. The van der Waals surface area contributed by atoms with E-state index < -0.39 is 12.0 Å². The van der Waals surface area contributed by atoms with Gasteiger partial charge in [0.25, 0.3) is 16.7 Å². The Kier molecular flexibility index (Phi) is 5.68. The molecule has 8 nitrogen and oxygen atoms in total. The van der Waals surface area contributed by atoms with Crippen LogP contribution in [0.5, 0.6) is 5.75 Å². The van der Waals surface area contributed by atoms with E-state index in [0.717, 1.165) is 29.0 Å². The molecule has 0 radical (unpaired) electrons. The first-order chi connectivity index (χ1) is 15.5. The first-order valence-corrected chi connectivity index (χ1v) is 11.9. The Morgan fingerprint density at radius 3 is 2.81 bits per heavy atom. The smallest absolute Gasteiger partial charge is 0.327 e. The van der Waals surface area contributed by atoms with Gasteiger partial charge in [-0.05, 0) is 54.2 Å². The normalized spacial score (nSPS) is 17.3. The maximum atomic E-state index is 13.0. The van der Waals surface area contributed by atoms with Crippen molar-refractivity contribution in [1.82, 2.24) is 14.8 Å². The van der Waals surface area contributed by atoms with E-state index in [1.54, 1.807) is 6.07 Å². The molecule has 2 aliphatic rings. The number of rotatable bonds is 8. The molecule has 0 saturated heterocycles. The van der Waals surface area contributed by atoms with Crippen LogP contribution in [0.1, 0.15) is 41.8 Å². The van der Waals surface area contributed by atoms with Gasteiger partial charge in [0.05, 0.1) is 5.03 Å². The molecule has 1 aliphatic heterocycles. The molecule has 1 unspecified atom stereocenters. The number of carboxylic acid groups (broad SMARTS) is 1. The van der Waals surface area contributed by atoms with Crippen LogP contribution in [0.25, 0.3) is 0 Å². The van der Waals surface area contributed by atoms with Crippen molar-refractivity contribution in [3.63, 3.8) is 0 Å². The SMILES string of the molecule is O=C(O)C1CSc2c(C3CC3)c(CSc3nnc(COc4ccc(F)cc4)o3)cc(=O)n21. The number of carbonyl (C=O) groups is 1. The van der Waals surface area contributed by atoms with Gasteiger partial charge >= 0.3 is 5.97 Å². The molecule has 1 saturated carbocycles. The van der Waals surface area contributed by atoms with Crippen LogP contribution in [0.4, 0.5) is 4.39 Å². The summed E-state index contributed by atoms with van der Waals surface area (Å²) in [4.78, 5) is 24.2. The lowest BCUT2D eigenvalue weighted by molar-refractivity contribution is -0.140. The summed E-state index contributed by atoms with van der Waals surface area (Å²) in [6, 6.07) is 6.36. The van der Waals surface area contributed by atoms with Gasteiger partial charge in [-0.15, -0.1) is 22.0 Å². The fraction of sp³-hybridized carbons (Fsp3) is 0.333. The fourth-order valence-corrected chi connectivity index (χ4v) is 5.81. The Morgan fingerprint density at radius 1 is 1.31 bits per heavy atom. The molecule has 0 bridgehead atoms. The van der Waals surface area contributed by atoms with Crippen LogP contribution in [-0.4, -0.2) is 31.6 Å². The first kappa shape index (κ1) is 21.1. The summed E-state index contributed by atoms with van der Waals surface area (Å²) in [5.74, 6) is 0.632. The monoisotopic (exact) mass is 475 g/mol. The lowest BCUT2D eigenvalue weighted by Gasteiger charge is -2.15. The molecule has 5 rings (SSSR count). The Morgan fingerprint density at radius 2 is 2.09 bits per heavy atom. The number of fused-ring (bicyclic) bond motifs is 1. The Balaban J connectivity index is 1.29. The molecule has 1 fully saturated rings. The van der Waals surface area contributed by atoms with Crippen molar-refractivity contribution in [3.8, 4) is 5.75 Å². The minimum absolute atomic E-state index is 0.0555. The number of hydrogen-bond donors (Lipinski definition) is 1. The van der Waals surface area contributed by atoms with Gasteiger partial charge in [0, 0.05) is 17.6 Å². The summed E-state index contributed by atoms with van der Waals surface area (Å²) in [6.07, 6.45) is 2.07. The summed E-state index contributed by atoms with van der Waals surface area (Å²) >= 11 is 2.76. The van der Waals surface area contributed by atoms with E-state index in [4.69, 9.17) is 9.15 Å². The van der Waals surface area contributed by atoms with Crippen LogP contribution in [0.2, 0.25) is 0 Å². The molecule has 2 aromatic heterocycles. The van der Waals surface area contributed by atoms with E-state index >= 15 is 0 Å². The molecule has 1 aliphatic carbocycles. The highest BCUT2D eigenvalue weighted by Crippen LogP contribution is 2.49. The van der Waals surface area contributed by atoms with E-state index in [-0.39, 0.29) is 23.9 Å². The van der Waals surface area contributed by atoms with Crippen LogP contribution in [0.3, 0.4) is 0 Å². The Labute approximate surface area is 190 Å². The minimum atomic E-state index is -0.983. The number of nitrogens with zero attached hydrogens (tertiary/aromatic N) is 3. The molecular weight excluding hydrogens is 457 g/mol. The van der Waals surface area contributed by atoms with Crippen molar-refractivity contribution in [3.05, 3.63) is 63.5 Å². The van der Waals surface area contributed by atoms with E-state index in [1.165, 1.54) is 52.4 Å². The summed E-state index contributed by atoms with van der Waals surface area (Å²) in [7, 11) is 0. The molecule has 3 aromatic rings. The van der Waals surface area contributed by atoms with Crippen molar-refractivity contribution >= 4 is 29.5 Å². The maximum Gasteiger partial charge on any atom is 0.327 e. The molecule has 3 heterocycles. The number of thioether (sulfide) groups is 2. The Hall–Kier alpha value is -2.79. The Bertz CT molecular complexity index is 1220. The van der Waals surface area contributed by atoms with Gasteiger partial charge in [0.15, 0.2) is 6.61 Å². The number of aliphatic carboxylic acids is 1. The second-order valence-corrected chi connectivity index (χ2v) is 9.46. The predicted molar refractivity (Wildman–Crippen MR) is 115 cm³/mol. The molecule has 1 N–H and O–H groups in total. The number of hydrogen-bond acceptors (Lipinski definition) is 8. The van der Waals surface area contributed by atoms with E-state index in [0.29, 0.717) is 28.4 Å². The highest BCUT2D eigenvalue weighted by atomic mass is 32.2. The molecule has 0 amide bonds. The zero-order valence-corrected chi connectivity index (χ0v) is 18.3. The second-order valence-electron chi connectivity index (χ2n) is 7.53. The van der Waals surface area contributed by atoms with Gasteiger partial charge in [-0.1, -0.05) is 11.8 Å². The topological polar surface area (TPSA) is 107 Å². The zero-order valence-electron chi connectivity index (χ0n) is 16.7. The number of aromatic nitrogens is 3. The maximum absolute atomic E-state index is 13.0. The average molecular weight is 476 g/mol. The summed E-state index contributed by atoms with van der Waals surface area (Å²) < 4.78 is 25.5. The van der Waals surface area contributed by atoms with Crippen LogP contribution in [0.15, 0.2) is 49.8 Å². The number of pyridine rings is 1. The lowest BCUT2D eigenvalue weighted by Crippen LogP contribution is -2.29. The lowest BCUT2D eigenvalue weighted by atomic mass is 10.1. The summed E-state index contributed by atoms with van der Waals surface area (Å²) in [6.45, 7) is 0.0555. The number of halogens is 1. The van der Waals surface area contributed by atoms with Gasteiger partial charge < -0.3 is 14.3 Å². The molecule has 0 spiro atoms. The van der Waals surface area contributed by atoms with Crippen molar-refractivity contribution < 1.29 is 23.4 Å². The van der Waals surface area contributed by atoms with Crippen LogP contribution >= 0.6 is 23.5 Å². The van der Waals surface area contributed by atoms with Crippen molar-refractivity contribution in [1.29, 1.82) is 0 Å². The first-order valence-electron chi connectivity index (χ1n) is 9.97. The van der Waals surface area contributed by atoms with Crippen LogP contribution < -0.4 is 10.3 Å². The van der Waals surface area contributed by atoms with Crippen molar-refractivity contribution in [2.45, 2.75) is 47.4 Å². The van der Waals surface area contributed by atoms with Crippen molar-refractivity contribution in [2.75, 3.05) is 5.75 Å². The van der Waals surface area contributed by atoms with E-state index in [1.807, 2.05) is 0 Å². The molecule has 1 aromatic carbocycles. The third-order valence-corrected chi connectivity index (χ3v) is 7.31. The quantitative estimate of drug-likeness (QED) is 0.486. The predicted octanol–water partition coefficient (Wildman–Crippen LogP) is 3.85. The van der Waals surface area contributed by atoms with Gasteiger partial charge in [-0.2, -0.15) is 0 Å². The summed E-state index contributed by atoms with van der Waals surface area (Å²) in [5, 5.41) is 18.6. The van der Waals surface area contributed by atoms with Gasteiger partial charge in [0.1, 0.15) is 17.6 Å². The highest BCUT2D eigenvalue weighted by molar-refractivity contribution is 7.99. The van der Waals surface area contributed by atoms with E-state index in [2.05, 4.69) is 10.2 Å². The molecule has 166 valence electrons. The number of carboxylic acids is 1. The minimum Gasteiger partial charge on any atom is -0.484 e. The van der Waals surface area contributed by atoms with Gasteiger partial charge in [-0.25, -0.2) is 9.18 Å². The van der Waals surface area contributed by atoms with Crippen LogP contribution in [-0.2, 0) is 17.2 Å². The third kappa shape index (κ3) is 4.26. The molecule has 32 heavy (non-hydrogen) atoms. The average Bonchev–Trinajstić information content (AvgIpc) is 3.32. The molecule has 1 atom stereocenters. The standard InChI is InChI=1S/C21H18FN3O5S2/c22-13-3-5-14(6-4-13)29-8-16-23-24-21(30-16)32-9-12-7-17(26)25-15(20(27)28)10-31-19(25)18(12)11-1-2-11/h3-7,11,15H,1-2,8-10H2,(H,27,28). The number of ether oxygens (including phenoxy) is 1.